The van der Waals surface area contributed by atoms with Crippen LogP contribution in [0, 0.1) is 0 Å². The van der Waals surface area contributed by atoms with Crippen molar-refractivity contribution in [2.24, 2.45) is 0 Å². The number of hydrogen-bond acceptors (Lipinski definition) is 5. The van der Waals surface area contributed by atoms with E-state index in [1.54, 1.807) is 43.4 Å². The average Bonchev–Trinajstić information content (AvgIpc) is 2.73. The first kappa shape index (κ1) is 20.3. The molecule has 0 unspecified atom stereocenters. The quantitative estimate of drug-likeness (QED) is 0.809. The van der Waals surface area contributed by atoms with Crippen molar-refractivity contribution in [3.8, 4) is 11.5 Å². The number of nitrogens with zero attached hydrogens (tertiary/aromatic N) is 2. The number of amides is 3. The second kappa shape index (κ2) is 9.18. The number of methoxy groups -OCH3 is 2. The number of carbonyl (C=O) groups excluding carboxylic acids is 2. The minimum atomic E-state index is -0.156. The van der Waals surface area contributed by atoms with E-state index in [2.05, 4.69) is 15.5 Å². The second-order valence-corrected chi connectivity index (χ2v) is 6.71. The van der Waals surface area contributed by atoms with E-state index >= 15 is 0 Å². The Kier molecular flexibility index (Phi) is 6.43. The zero-order chi connectivity index (χ0) is 20.8. The van der Waals surface area contributed by atoms with Crippen molar-refractivity contribution in [1.29, 1.82) is 0 Å². The normalized spacial score (nSPS) is 13.6. The summed E-state index contributed by atoms with van der Waals surface area (Å²) in [6.45, 7) is 4.09. The zero-order valence-corrected chi connectivity index (χ0v) is 16.9. The number of rotatable bonds is 5. The third-order valence-electron chi connectivity index (χ3n) is 4.73. The van der Waals surface area contributed by atoms with E-state index in [-0.39, 0.29) is 11.9 Å². The number of nitrogens with one attached hydrogen (secondary N) is 2. The maximum absolute atomic E-state index is 12.6. The summed E-state index contributed by atoms with van der Waals surface area (Å²) >= 11 is 0. The molecule has 0 saturated carbocycles. The Morgan fingerprint density at radius 3 is 2.14 bits per heavy atom. The lowest BCUT2D eigenvalue weighted by Gasteiger charge is -2.36. The maximum Gasteiger partial charge on any atom is 0.321 e. The molecular weight excluding hydrogens is 372 g/mol. The molecule has 2 N–H and O–H groups in total. The highest BCUT2D eigenvalue weighted by molar-refractivity contribution is 5.92. The summed E-state index contributed by atoms with van der Waals surface area (Å²) < 4.78 is 10.7. The van der Waals surface area contributed by atoms with E-state index in [1.165, 1.54) is 6.92 Å². The van der Waals surface area contributed by atoms with Crippen molar-refractivity contribution in [3.05, 3.63) is 42.5 Å². The molecule has 8 heteroatoms. The molecule has 8 nitrogen and oxygen atoms in total. The van der Waals surface area contributed by atoms with Gasteiger partial charge in [0.15, 0.2) is 11.5 Å². The molecule has 0 aliphatic carbocycles. The van der Waals surface area contributed by atoms with E-state index in [0.717, 1.165) is 18.8 Å². The number of carbonyl (C=O) groups is 2. The molecule has 1 heterocycles. The van der Waals surface area contributed by atoms with Crippen molar-refractivity contribution >= 4 is 29.0 Å². The van der Waals surface area contributed by atoms with Crippen LogP contribution in [0.5, 0.6) is 11.5 Å². The first-order chi connectivity index (χ1) is 14.0. The van der Waals surface area contributed by atoms with Gasteiger partial charge in [-0.1, -0.05) is 6.07 Å². The smallest absolute Gasteiger partial charge is 0.321 e. The van der Waals surface area contributed by atoms with Crippen molar-refractivity contribution in [2.45, 2.75) is 6.92 Å². The molecule has 1 aliphatic rings. The summed E-state index contributed by atoms with van der Waals surface area (Å²) in [6, 6.07) is 12.8. The number of benzene rings is 2. The van der Waals surface area contributed by atoms with Crippen molar-refractivity contribution in [2.75, 3.05) is 55.9 Å². The Hall–Kier alpha value is -3.42. The molecule has 0 aromatic heterocycles. The van der Waals surface area contributed by atoms with Crippen LogP contribution in [0.4, 0.5) is 21.9 Å². The van der Waals surface area contributed by atoms with Crippen molar-refractivity contribution < 1.29 is 19.1 Å². The van der Waals surface area contributed by atoms with Crippen LogP contribution in [-0.4, -0.2) is 57.2 Å². The number of anilines is 3. The lowest BCUT2D eigenvalue weighted by atomic mass is 10.2. The van der Waals surface area contributed by atoms with E-state index < -0.39 is 0 Å². The van der Waals surface area contributed by atoms with Crippen LogP contribution < -0.4 is 25.0 Å². The standard InChI is InChI=1S/C21H26N4O4/c1-15(26)22-16-5-4-6-17(13-16)23-21(27)25-11-9-24(10-12-25)18-7-8-19(28-2)20(14-18)29-3/h4-8,13-14H,9-12H2,1-3H3,(H,22,26)(H,23,27). The first-order valence-corrected chi connectivity index (χ1v) is 9.40. The van der Waals surface area contributed by atoms with Crippen LogP contribution in [-0.2, 0) is 4.79 Å². The Balaban J connectivity index is 1.58. The van der Waals surface area contributed by atoms with E-state index in [1.807, 2.05) is 18.2 Å². The van der Waals surface area contributed by atoms with Crippen molar-refractivity contribution in [3.63, 3.8) is 0 Å². The molecule has 154 valence electrons. The molecule has 3 amide bonds. The topological polar surface area (TPSA) is 83.1 Å². The summed E-state index contributed by atoms with van der Waals surface area (Å²) in [6.07, 6.45) is 0. The fourth-order valence-corrected chi connectivity index (χ4v) is 3.27. The third kappa shape index (κ3) is 5.10. The first-order valence-electron chi connectivity index (χ1n) is 9.40. The van der Waals surface area contributed by atoms with Gasteiger partial charge in [-0.15, -0.1) is 0 Å². The summed E-state index contributed by atoms with van der Waals surface area (Å²) in [5.74, 6) is 1.22. The Labute approximate surface area is 170 Å². The van der Waals surface area contributed by atoms with E-state index in [0.29, 0.717) is 36.0 Å². The predicted octanol–water partition coefficient (Wildman–Crippen LogP) is 3.02. The summed E-state index contributed by atoms with van der Waals surface area (Å²) in [5, 5.41) is 5.60. The SMILES string of the molecule is COc1ccc(N2CCN(C(=O)Nc3cccc(NC(C)=O)c3)CC2)cc1OC. The van der Waals surface area contributed by atoms with Gasteiger partial charge in [-0.2, -0.15) is 0 Å². The number of ether oxygens (including phenoxy) is 2. The molecule has 2 aromatic rings. The number of hydrogen-bond donors (Lipinski definition) is 2. The molecule has 0 spiro atoms. The summed E-state index contributed by atoms with van der Waals surface area (Å²) in [7, 11) is 3.23. The highest BCUT2D eigenvalue weighted by Crippen LogP contribution is 2.31. The Bertz CT molecular complexity index is 879. The third-order valence-corrected chi connectivity index (χ3v) is 4.73. The van der Waals surface area contributed by atoms with Crippen LogP contribution >= 0.6 is 0 Å². The molecular formula is C21H26N4O4. The van der Waals surface area contributed by atoms with Crippen LogP contribution in [0.1, 0.15) is 6.92 Å². The molecule has 2 aromatic carbocycles. The van der Waals surface area contributed by atoms with Crippen LogP contribution in [0.3, 0.4) is 0 Å². The van der Waals surface area contributed by atoms with Gasteiger partial charge in [0.1, 0.15) is 0 Å². The van der Waals surface area contributed by atoms with Gasteiger partial charge in [0.05, 0.1) is 14.2 Å². The molecule has 1 fully saturated rings. The Morgan fingerprint density at radius 2 is 1.52 bits per heavy atom. The Morgan fingerprint density at radius 1 is 0.862 bits per heavy atom. The number of urea groups is 1. The molecule has 0 atom stereocenters. The molecule has 1 aliphatic heterocycles. The average molecular weight is 398 g/mol. The fourth-order valence-electron chi connectivity index (χ4n) is 3.27. The summed E-state index contributed by atoms with van der Waals surface area (Å²) in [5.41, 5.74) is 2.32. The van der Waals surface area contributed by atoms with Crippen LogP contribution in [0.25, 0.3) is 0 Å². The zero-order valence-electron chi connectivity index (χ0n) is 16.9. The predicted molar refractivity (Wildman–Crippen MR) is 113 cm³/mol. The molecule has 29 heavy (non-hydrogen) atoms. The highest BCUT2D eigenvalue weighted by atomic mass is 16.5. The monoisotopic (exact) mass is 398 g/mol. The van der Waals surface area contributed by atoms with Gasteiger partial charge >= 0.3 is 6.03 Å². The van der Waals surface area contributed by atoms with Gasteiger partial charge in [-0.3, -0.25) is 4.79 Å². The highest BCUT2D eigenvalue weighted by Gasteiger charge is 2.22. The van der Waals surface area contributed by atoms with Gasteiger partial charge in [0, 0.05) is 56.2 Å². The lowest BCUT2D eigenvalue weighted by Crippen LogP contribution is -2.50. The van der Waals surface area contributed by atoms with Crippen molar-refractivity contribution in [1.82, 2.24) is 4.90 Å². The molecule has 3 rings (SSSR count). The van der Waals surface area contributed by atoms with Gasteiger partial charge in [-0.25, -0.2) is 4.79 Å². The fraction of sp³-hybridized carbons (Fsp3) is 0.333. The number of piperazine rings is 1. The largest absolute Gasteiger partial charge is 0.493 e. The minimum Gasteiger partial charge on any atom is -0.493 e. The lowest BCUT2D eigenvalue weighted by molar-refractivity contribution is -0.114. The van der Waals surface area contributed by atoms with Crippen LogP contribution in [0.15, 0.2) is 42.5 Å². The maximum atomic E-state index is 12.6. The molecule has 0 bridgehead atoms. The van der Waals surface area contributed by atoms with Gasteiger partial charge in [0.25, 0.3) is 0 Å². The van der Waals surface area contributed by atoms with Crippen LogP contribution in [0.2, 0.25) is 0 Å². The minimum absolute atomic E-state index is 0.153. The van der Waals surface area contributed by atoms with E-state index in [9.17, 15) is 9.59 Å². The van der Waals surface area contributed by atoms with Gasteiger partial charge in [-0.05, 0) is 30.3 Å². The van der Waals surface area contributed by atoms with Gasteiger partial charge in [0.2, 0.25) is 5.91 Å². The molecule has 1 saturated heterocycles. The van der Waals surface area contributed by atoms with E-state index in [4.69, 9.17) is 9.47 Å². The van der Waals surface area contributed by atoms with Gasteiger partial charge < -0.3 is 29.9 Å². The second-order valence-electron chi connectivity index (χ2n) is 6.71. The summed E-state index contributed by atoms with van der Waals surface area (Å²) in [4.78, 5) is 27.8. The molecule has 0 radical (unpaired) electrons.